The molecule has 84 valence electrons. The number of halogens is 1. The average molecular weight is 324 g/mol. The van der Waals surface area contributed by atoms with Crippen LogP contribution in [0.4, 0.5) is 0 Å². The summed E-state index contributed by atoms with van der Waals surface area (Å²) < 4.78 is 1.07. The summed E-state index contributed by atoms with van der Waals surface area (Å²) in [6.45, 7) is 0. The zero-order valence-corrected chi connectivity index (χ0v) is 10.1. The molecule has 1 rings (SSSR count). The molecule has 4 N–H and O–H groups in total. The maximum atomic E-state index is 8.93. The van der Waals surface area contributed by atoms with Gasteiger partial charge in [-0.15, -0.1) is 0 Å². The summed E-state index contributed by atoms with van der Waals surface area (Å²) in [5, 5.41) is 35.7. The van der Waals surface area contributed by atoms with Crippen molar-refractivity contribution >= 4 is 22.6 Å². The lowest BCUT2D eigenvalue weighted by Crippen LogP contribution is -2.33. The Balaban J connectivity index is 2.70. The van der Waals surface area contributed by atoms with Gasteiger partial charge >= 0.3 is 0 Å². The Labute approximate surface area is 101 Å². The van der Waals surface area contributed by atoms with Crippen LogP contribution in [0.15, 0.2) is 24.3 Å². The Morgan fingerprint density at radius 3 is 1.80 bits per heavy atom. The SMILES string of the molecule is OC(O)C(Cc1ccc(I)cc1)C(O)O. The summed E-state index contributed by atoms with van der Waals surface area (Å²) in [5.74, 6) is -0.981. The van der Waals surface area contributed by atoms with Gasteiger partial charge < -0.3 is 20.4 Å². The van der Waals surface area contributed by atoms with E-state index in [9.17, 15) is 0 Å². The molecule has 0 aliphatic rings. The van der Waals surface area contributed by atoms with Gasteiger partial charge in [-0.3, -0.25) is 0 Å². The Bertz CT molecular complexity index is 289. The Morgan fingerprint density at radius 2 is 1.40 bits per heavy atom. The van der Waals surface area contributed by atoms with Crippen LogP contribution < -0.4 is 0 Å². The van der Waals surface area contributed by atoms with E-state index >= 15 is 0 Å². The fraction of sp³-hybridized carbons (Fsp3) is 0.400. The van der Waals surface area contributed by atoms with Gasteiger partial charge in [-0.2, -0.15) is 0 Å². The zero-order chi connectivity index (χ0) is 11.4. The van der Waals surface area contributed by atoms with Gasteiger partial charge in [-0.25, -0.2) is 0 Å². The highest BCUT2D eigenvalue weighted by atomic mass is 127. The van der Waals surface area contributed by atoms with E-state index in [1.54, 1.807) is 0 Å². The lowest BCUT2D eigenvalue weighted by molar-refractivity contribution is -0.177. The summed E-state index contributed by atoms with van der Waals surface area (Å²) in [4.78, 5) is 0. The van der Waals surface area contributed by atoms with Gasteiger partial charge in [0, 0.05) is 3.57 Å². The Kier molecular flexibility index (Phi) is 4.94. The Morgan fingerprint density at radius 1 is 0.933 bits per heavy atom. The van der Waals surface area contributed by atoms with Crippen molar-refractivity contribution in [3.63, 3.8) is 0 Å². The molecule has 0 heterocycles. The summed E-state index contributed by atoms with van der Waals surface area (Å²) in [6, 6.07) is 7.39. The van der Waals surface area contributed by atoms with Crippen LogP contribution in [-0.4, -0.2) is 33.0 Å². The largest absolute Gasteiger partial charge is 0.368 e. The standard InChI is InChI=1S/C10H13IO4/c11-7-3-1-6(2-4-7)5-8(9(12)13)10(14)15/h1-4,8-10,12-15H,5H2. The van der Waals surface area contributed by atoms with Gasteiger partial charge in [-0.1, -0.05) is 12.1 Å². The molecule has 1 aromatic rings. The first-order valence-corrected chi connectivity index (χ1v) is 5.55. The van der Waals surface area contributed by atoms with Crippen LogP contribution in [0, 0.1) is 9.49 Å². The molecule has 0 aromatic heterocycles. The van der Waals surface area contributed by atoms with Gasteiger partial charge in [0.15, 0.2) is 12.6 Å². The van der Waals surface area contributed by atoms with Gasteiger partial charge in [0.1, 0.15) is 0 Å². The minimum atomic E-state index is -1.73. The first-order valence-electron chi connectivity index (χ1n) is 4.47. The number of hydrogen-bond donors (Lipinski definition) is 4. The average Bonchev–Trinajstić information content (AvgIpc) is 2.15. The van der Waals surface area contributed by atoms with Crippen LogP contribution in [0.1, 0.15) is 5.56 Å². The zero-order valence-electron chi connectivity index (χ0n) is 7.92. The van der Waals surface area contributed by atoms with E-state index in [4.69, 9.17) is 20.4 Å². The maximum absolute atomic E-state index is 8.93. The van der Waals surface area contributed by atoms with Crippen molar-refractivity contribution < 1.29 is 20.4 Å². The van der Waals surface area contributed by atoms with Crippen molar-refractivity contribution in [1.82, 2.24) is 0 Å². The van der Waals surface area contributed by atoms with Crippen molar-refractivity contribution in [2.75, 3.05) is 0 Å². The van der Waals surface area contributed by atoms with Gasteiger partial charge in [-0.05, 0) is 46.7 Å². The van der Waals surface area contributed by atoms with E-state index in [1.165, 1.54) is 0 Å². The molecule has 0 saturated carbocycles. The molecule has 1 aromatic carbocycles. The van der Waals surface area contributed by atoms with Gasteiger partial charge in [0.2, 0.25) is 0 Å². The van der Waals surface area contributed by atoms with Crippen molar-refractivity contribution in [2.24, 2.45) is 5.92 Å². The highest BCUT2D eigenvalue weighted by Crippen LogP contribution is 2.15. The molecule has 0 amide bonds. The molecule has 0 fully saturated rings. The smallest absolute Gasteiger partial charge is 0.159 e. The van der Waals surface area contributed by atoms with E-state index in [2.05, 4.69) is 22.6 Å². The fourth-order valence-electron chi connectivity index (χ4n) is 1.26. The lowest BCUT2D eigenvalue weighted by Gasteiger charge is -2.20. The second-order valence-corrected chi connectivity index (χ2v) is 4.57. The molecule has 5 heteroatoms. The van der Waals surface area contributed by atoms with Gasteiger partial charge in [0.05, 0.1) is 5.92 Å². The highest BCUT2D eigenvalue weighted by molar-refractivity contribution is 14.1. The maximum Gasteiger partial charge on any atom is 0.159 e. The molecule has 0 bridgehead atoms. The molecule has 0 spiro atoms. The molecule has 15 heavy (non-hydrogen) atoms. The minimum Gasteiger partial charge on any atom is -0.368 e. The normalized spacial score (nSPS) is 11.7. The second-order valence-electron chi connectivity index (χ2n) is 3.32. The first-order chi connectivity index (χ1) is 7.00. The van der Waals surface area contributed by atoms with Crippen LogP contribution in [0.2, 0.25) is 0 Å². The topological polar surface area (TPSA) is 80.9 Å². The van der Waals surface area contributed by atoms with Crippen LogP contribution >= 0.6 is 22.6 Å². The number of aliphatic hydroxyl groups excluding tert-OH is 2. The van der Waals surface area contributed by atoms with Crippen LogP contribution in [0.25, 0.3) is 0 Å². The van der Waals surface area contributed by atoms with Crippen molar-refractivity contribution in [3.8, 4) is 0 Å². The quantitative estimate of drug-likeness (QED) is 0.467. The summed E-state index contributed by atoms with van der Waals surface area (Å²) in [7, 11) is 0. The molecular weight excluding hydrogens is 311 g/mol. The van der Waals surface area contributed by atoms with Crippen LogP contribution in [0.5, 0.6) is 0 Å². The molecular formula is C10H13IO4. The first kappa shape index (κ1) is 12.9. The molecule has 0 unspecified atom stereocenters. The van der Waals surface area contributed by atoms with E-state index in [-0.39, 0.29) is 6.42 Å². The van der Waals surface area contributed by atoms with Gasteiger partial charge in [0.25, 0.3) is 0 Å². The number of rotatable bonds is 4. The lowest BCUT2D eigenvalue weighted by atomic mass is 9.98. The highest BCUT2D eigenvalue weighted by Gasteiger charge is 2.23. The summed E-state index contributed by atoms with van der Waals surface area (Å²) >= 11 is 2.16. The molecule has 0 saturated heterocycles. The summed E-state index contributed by atoms with van der Waals surface area (Å²) in [6.07, 6.45) is -3.25. The van der Waals surface area contributed by atoms with Crippen molar-refractivity contribution in [2.45, 2.75) is 19.0 Å². The molecule has 4 nitrogen and oxygen atoms in total. The second kappa shape index (κ2) is 5.76. The predicted molar refractivity (Wildman–Crippen MR) is 62.8 cm³/mol. The van der Waals surface area contributed by atoms with Crippen LogP contribution in [0.3, 0.4) is 0 Å². The molecule has 0 aliphatic carbocycles. The minimum absolute atomic E-state index is 0.215. The number of aliphatic hydroxyl groups is 4. The third-order valence-corrected chi connectivity index (χ3v) is 2.87. The Hall–Kier alpha value is -0.210. The molecule has 0 radical (unpaired) electrons. The number of hydrogen-bond acceptors (Lipinski definition) is 4. The fourth-order valence-corrected chi connectivity index (χ4v) is 1.62. The van der Waals surface area contributed by atoms with E-state index in [0.29, 0.717) is 0 Å². The molecule has 0 aliphatic heterocycles. The number of benzene rings is 1. The molecule has 0 atom stereocenters. The van der Waals surface area contributed by atoms with Crippen molar-refractivity contribution in [3.05, 3.63) is 33.4 Å². The monoisotopic (exact) mass is 324 g/mol. The third kappa shape index (κ3) is 4.04. The van der Waals surface area contributed by atoms with E-state index < -0.39 is 18.5 Å². The van der Waals surface area contributed by atoms with Crippen LogP contribution in [-0.2, 0) is 6.42 Å². The van der Waals surface area contributed by atoms with E-state index in [1.807, 2.05) is 24.3 Å². The third-order valence-electron chi connectivity index (χ3n) is 2.15. The summed E-state index contributed by atoms with van der Waals surface area (Å²) in [5.41, 5.74) is 0.835. The van der Waals surface area contributed by atoms with Crippen molar-refractivity contribution in [1.29, 1.82) is 0 Å². The van der Waals surface area contributed by atoms with E-state index in [0.717, 1.165) is 9.13 Å². The predicted octanol–water partition coefficient (Wildman–Crippen LogP) is 0.0713.